The minimum Gasteiger partial charge on any atom is -0.343 e. The minimum atomic E-state index is 0.586. The van der Waals surface area contributed by atoms with Crippen molar-refractivity contribution in [3.8, 4) is 0 Å². The Morgan fingerprint density at radius 2 is 2.14 bits per heavy atom. The Labute approximate surface area is 50.7 Å². The van der Waals surface area contributed by atoms with Gasteiger partial charge in [-0.15, -0.1) is 0 Å². The van der Waals surface area contributed by atoms with Gasteiger partial charge in [0, 0.05) is 0 Å². The molecule has 0 aliphatic heterocycles. The Balaban J connectivity index is 2.28. The highest BCUT2D eigenvalue weighted by molar-refractivity contribution is 7.80. The van der Waals surface area contributed by atoms with Crippen molar-refractivity contribution in [2.75, 3.05) is 5.75 Å². The van der Waals surface area contributed by atoms with Crippen LogP contribution in [0.5, 0.6) is 0 Å². The van der Waals surface area contributed by atoms with Gasteiger partial charge in [0.1, 0.15) is 0 Å². The van der Waals surface area contributed by atoms with Crippen LogP contribution in [0.15, 0.2) is 0 Å². The fraction of sp³-hybridized carbons (Fsp3) is 0.833. The smallest absolute Gasteiger partial charge is 0.00657 e. The van der Waals surface area contributed by atoms with Gasteiger partial charge in [-0.25, -0.2) is 0 Å². The molecule has 0 heterocycles. The van der Waals surface area contributed by atoms with Crippen LogP contribution in [0.3, 0.4) is 0 Å². The molecule has 0 saturated heterocycles. The normalized spacial score (nSPS) is 24.9. The van der Waals surface area contributed by atoms with Crippen LogP contribution in [0.2, 0.25) is 0 Å². The topological polar surface area (TPSA) is 0 Å². The Morgan fingerprint density at radius 3 is 2.14 bits per heavy atom. The van der Waals surface area contributed by atoms with E-state index in [1.54, 1.807) is 0 Å². The predicted molar refractivity (Wildman–Crippen MR) is 35.5 cm³/mol. The Morgan fingerprint density at radius 1 is 1.57 bits per heavy atom. The maximum atomic E-state index is 4.20. The summed E-state index contributed by atoms with van der Waals surface area (Å²) in [4.78, 5) is 0. The van der Waals surface area contributed by atoms with E-state index >= 15 is 0 Å². The highest BCUT2D eigenvalue weighted by atomic mass is 32.1. The van der Waals surface area contributed by atoms with Crippen LogP contribution in [-0.4, -0.2) is 5.75 Å². The zero-order valence-corrected chi connectivity index (χ0v) is 5.38. The summed E-state index contributed by atoms with van der Waals surface area (Å²) in [5.41, 5.74) is 0.586. The van der Waals surface area contributed by atoms with Gasteiger partial charge in [-0.2, -0.15) is 19.0 Å². The maximum Gasteiger partial charge on any atom is -0.00657 e. The predicted octanol–water partition coefficient (Wildman–Crippen LogP) is 1.92. The van der Waals surface area contributed by atoms with Gasteiger partial charge in [0.2, 0.25) is 0 Å². The molecule has 1 heteroatoms. The van der Waals surface area contributed by atoms with E-state index in [1.807, 2.05) is 0 Å². The van der Waals surface area contributed by atoms with Crippen LogP contribution < -0.4 is 0 Å². The summed E-state index contributed by atoms with van der Waals surface area (Å²) in [7, 11) is 0. The van der Waals surface area contributed by atoms with E-state index in [0.717, 1.165) is 12.2 Å². The lowest BCUT2D eigenvalue weighted by atomic mass is 10.1. The third kappa shape index (κ3) is 0.933. The van der Waals surface area contributed by atoms with Crippen LogP contribution in [0.1, 0.15) is 19.3 Å². The molecule has 1 aliphatic carbocycles. The highest BCUT2D eigenvalue weighted by Crippen LogP contribution is 2.48. The molecule has 42 valence electrons. The van der Waals surface area contributed by atoms with E-state index in [-0.39, 0.29) is 0 Å². The second kappa shape index (κ2) is 1.70. The first-order chi connectivity index (χ1) is 3.33. The first-order valence-electron chi connectivity index (χ1n) is 2.73. The zero-order valence-electron chi connectivity index (χ0n) is 4.48. The summed E-state index contributed by atoms with van der Waals surface area (Å²) in [6.45, 7) is 3.84. The molecule has 0 bridgehead atoms. The van der Waals surface area contributed by atoms with Gasteiger partial charge in [0.05, 0.1) is 0 Å². The Hall–Kier alpha value is 0.350. The van der Waals surface area contributed by atoms with Crippen LogP contribution >= 0.6 is 12.6 Å². The van der Waals surface area contributed by atoms with Gasteiger partial charge in [0.15, 0.2) is 0 Å². The molecule has 0 aromatic heterocycles. The molecule has 7 heavy (non-hydrogen) atoms. The third-order valence-corrected chi connectivity index (χ3v) is 2.49. The van der Waals surface area contributed by atoms with Gasteiger partial charge >= 0.3 is 0 Å². The number of hydrogen-bond donors (Lipinski definition) is 1. The molecule has 1 saturated carbocycles. The first-order valence-corrected chi connectivity index (χ1v) is 3.36. The molecule has 0 aromatic carbocycles. The SMILES string of the molecule is [CH2-]CC1(CS)CC1. The fourth-order valence-corrected chi connectivity index (χ4v) is 1.14. The van der Waals surface area contributed by atoms with Gasteiger partial charge < -0.3 is 6.92 Å². The van der Waals surface area contributed by atoms with Crippen molar-refractivity contribution in [1.82, 2.24) is 0 Å². The fourth-order valence-electron chi connectivity index (χ4n) is 0.664. The van der Waals surface area contributed by atoms with E-state index in [9.17, 15) is 0 Å². The van der Waals surface area contributed by atoms with Gasteiger partial charge in [-0.05, 0) is 24.0 Å². The monoisotopic (exact) mass is 115 g/mol. The minimum absolute atomic E-state index is 0.586. The maximum absolute atomic E-state index is 4.20. The van der Waals surface area contributed by atoms with E-state index in [1.165, 1.54) is 12.8 Å². The van der Waals surface area contributed by atoms with E-state index in [0.29, 0.717) is 5.41 Å². The molecule has 0 N–H and O–H groups in total. The Kier molecular flexibility index (Phi) is 1.33. The summed E-state index contributed by atoms with van der Waals surface area (Å²) in [6.07, 6.45) is 3.80. The molecule has 0 radical (unpaired) electrons. The average molecular weight is 115 g/mol. The van der Waals surface area contributed by atoms with Gasteiger partial charge in [-0.1, -0.05) is 0 Å². The molecular weight excluding hydrogens is 104 g/mol. The molecule has 0 nitrogen and oxygen atoms in total. The molecule has 0 aromatic rings. The van der Waals surface area contributed by atoms with Crippen molar-refractivity contribution in [3.63, 3.8) is 0 Å². The summed E-state index contributed by atoms with van der Waals surface area (Å²) < 4.78 is 0. The molecule has 0 spiro atoms. The van der Waals surface area contributed by atoms with E-state index in [4.69, 9.17) is 0 Å². The summed E-state index contributed by atoms with van der Waals surface area (Å²) >= 11 is 4.20. The summed E-state index contributed by atoms with van der Waals surface area (Å²) in [5, 5.41) is 0. The lowest BCUT2D eigenvalue weighted by molar-refractivity contribution is 0.596. The van der Waals surface area contributed by atoms with Crippen LogP contribution in [0.25, 0.3) is 0 Å². The lowest BCUT2D eigenvalue weighted by Crippen LogP contribution is -1.97. The molecule has 0 amide bonds. The largest absolute Gasteiger partial charge is 0.343 e. The molecule has 1 fully saturated rings. The third-order valence-electron chi connectivity index (χ3n) is 1.82. The quantitative estimate of drug-likeness (QED) is 0.412. The van der Waals surface area contributed by atoms with E-state index < -0.39 is 0 Å². The molecular formula is C6H11S-. The van der Waals surface area contributed by atoms with Crippen molar-refractivity contribution in [1.29, 1.82) is 0 Å². The summed E-state index contributed by atoms with van der Waals surface area (Å²) in [6, 6.07) is 0. The van der Waals surface area contributed by atoms with Crippen LogP contribution in [0, 0.1) is 12.3 Å². The lowest BCUT2D eigenvalue weighted by Gasteiger charge is -2.09. The highest BCUT2D eigenvalue weighted by Gasteiger charge is 2.35. The molecule has 1 rings (SSSR count). The second-order valence-electron chi connectivity index (χ2n) is 2.41. The molecule has 0 atom stereocenters. The van der Waals surface area contributed by atoms with Crippen molar-refractivity contribution in [3.05, 3.63) is 6.92 Å². The van der Waals surface area contributed by atoms with Crippen LogP contribution in [0.4, 0.5) is 0 Å². The van der Waals surface area contributed by atoms with E-state index in [2.05, 4.69) is 19.6 Å². The second-order valence-corrected chi connectivity index (χ2v) is 2.72. The zero-order chi connectivity index (χ0) is 5.33. The van der Waals surface area contributed by atoms with Gasteiger partial charge in [0.25, 0.3) is 0 Å². The van der Waals surface area contributed by atoms with Crippen molar-refractivity contribution in [2.24, 2.45) is 5.41 Å². The van der Waals surface area contributed by atoms with Gasteiger partial charge in [-0.3, -0.25) is 0 Å². The number of thiol groups is 1. The Bertz CT molecular complexity index is 58.6. The number of hydrogen-bond acceptors (Lipinski definition) is 1. The molecule has 0 unspecified atom stereocenters. The van der Waals surface area contributed by atoms with Crippen molar-refractivity contribution >= 4 is 12.6 Å². The van der Waals surface area contributed by atoms with Crippen LogP contribution in [-0.2, 0) is 0 Å². The van der Waals surface area contributed by atoms with Crippen molar-refractivity contribution in [2.45, 2.75) is 19.3 Å². The first kappa shape index (κ1) is 5.49. The standard InChI is InChI=1S/C6H11S/c1-2-6(5-7)3-4-6/h7H,1-5H2/q-1. The summed E-state index contributed by atoms with van der Waals surface area (Å²) in [5.74, 6) is 1.04. The average Bonchev–Trinajstić information content (AvgIpc) is 2.46. The molecule has 1 aliphatic rings. The number of rotatable bonds is 2. The van der Waals surface area contributed by atoms with Crippen molar-refractivity contribution < 1.29 is 0 Å².